The molecule has 0 radical (unpaired) electrons. The lowest BCUT2D eigenvalue weighted by Crippen LogP contribution is -2.32. The van der Waals surface area contributed by atoms with E-state index in [0.29, 0.717) is 6.54 Å². The Kier molecular flexibility index (Phi) is 5.57. The fourth-order valence-corrected chi connectivity index (χ4v) is 1.83. The molecule has 0 aliphatic heterocycles. The van der Waals surface area contributed by atoms with Crippen LogP contribution in [0.2, 0.25) is 0 Å². The van der Waals surface area contributed by atoms with Crippen molar-refractivity contribution in [2.45, 2.75) is 39.5 Å². The number of carbonyl (C=O) groups excluding carboxylic acids is 2. The van der Waals surface area contributed by atoms with Gasteiger partial charge in [-0.3, -0.25) is 0 Å². The maximum absolute atomic E-state index is 11.7. The number of imidazole rings is 1. The zero-order chi connectivity index (χ0) is 17.6. The lowest BCUT2D eigenvalue weighted by molar-refractivity contribution is 0.0523. The Morgan fingerprint density at radius 3 is 2.42 bits per heavy atom. The van der Waals surface area contributed by atoms with Crippen LogP contribution in [0.25, 0.3) is 0 Å². The predicted octanol–water partition coefficient (Wildman–Crippen LogP) is 3.09. The summed E-state index contributed by atoms with van der Waals surface area (Å²) >= 11 is 0. The van der Waals surface area contributed by atoms with Crippen LogP contribution in [0, 0.1) is 0 Å². The third-order valence-corrected chi connectivity index (χ3v) is 2.94. The van der Waals surface area contributed by atoms with Crippen LogP contribution in [0.5, 0.6) is 0 Å². The molecule has 128 valence electrons. The number of rotatable bonds is 4. The van der Waals surface area contributed by atoms with E-state index in [9.17, 15) is 9.59 Å². The molecule has 1 N–H and O–H groups in total. The lowest BCUT2D eigenvalue weighted by atomic mass is 10.1. The summed E-state index contributed by atoms with van der Waals surface area (Å²) in [5.41, 5.74) is 1.25. The summed E-state index contributed by atoms with van der Waals surface area (Å²) in [4.78, 5) is 27.1. The molecule has 0 bridgehead atoms. The SMILES string of the molecule is CC(C)(C)OC(=O)NCc1ccc(COC(=O)n2ccnc2)cc1. The number of ether oxygens (including phenoxy) is 2. The molecule has 24 heavy (non-hydrogen) atoms. The first kappa shape index (κ1) is 17.5. The first-order valence-corrected chi connectivity index (χ1v) is 7.53. The molecule has 0 spiro atoms. The number of hydrogen-bond donors (Lipinski definition) is 1. The Balaban J connectivity index is 1.78. The zero-order valence-corrected chi connectivity index (χ0v) is 14.0. The van der Waals surface area contributed by atoms with E-state index in [-0.39, 0.29) is 6.61 Å². The minimum atomic E-state index is -0.521. The highest BCUT2D eigenvalue weighted by Crippen LogP contribution is 2.09. The van der Waals surface area contributed by atoms with E-state index in [1.807, 2.05) is 45.0 Å². The molecule has 2 rings (SSSR count). The van der Waals surface area contributed by atoms with Crippen molar-refractivity contribution < 1.29 is 19.1 Å². The second-order valence-corrected chi connectivity index (χ2v) is 6.20. The first-order valence-electron chi connectivity index (χ1n) is 7.53. The summed E-state index contributed by atoms with van der Waals surface area (Å²) in [6, 6.07) is 7.40. The second-order valence-electron chi connectivity index (χ2n) is 6.20. The van der Waals surface area contributed by atoms with E-state index >= 15 is 0 Å². The molecule has 0 aliphatic carbocycles. The highest BCUT2D eigenvalue weighted by molar-refractivity contribution is 5.70. The fourth-order valence-electron chi connectivity index (χ4n) is 1.83. The predicted molar refractivity (Wildman–Crippen MR) is 87.3 cm³/mol. The smallest absolute Gasteiger partial charge is 0.419 e. The number of nitrogens with zero attached hydrogens (tertiary/aromatic N) is 2. The van der Waals surface area contributed by atoms with Gasteiger partial charge >= 0.3 is 12.2 Å². The monoisotopic (exact) mass is 331 g/mol. The number of aromatic nitrogens is 2. The molecular weight excluding hydrogens is 310 g/mol. The van der Waals surface area contributed by atoms with Gasteiger partial charge in [0.05, 0.1) is 0 Å². The van der Waals surface area contributed by atoms with Crippen molar-refractivity contribution in [3.8, 4) is 0 Å². The van der Waals surface area contributed by atoms with Crippen molar-refractivity contribution in [1.29, 1.82) is 0 Å². The number of nitrogens with one attached hydrogen (secondary N) is 1. The molecule has 0 saturated heterocycles. The van der Waals surface area contributed by atoms with Crippen molar-refractivity contribution in [3.05, 3.63) is 54.1 Å². The van der Waals surface area contributed by atoms with Gasteiger partial charge < -0.3 is 14.8 Å². The van der Waals surface area contributed by atoms with Gasteiger partial charge in [-0.2, -0.15) is 0 Å². The zero-order valence-electron chi connectivity index (χ0n) is 14.0. The highest BCUT2D eigenvalue weighted by Gasteiger charge is 2.15. The maximum atomic E-state index is 11.7. The van der Waals surface area contributed by atoms with Gasteiger partial charge in [0.2, 0.25) is 0 Å². The summed E-state index contributed by atoms with van der Waals surface area (Å²) in [5.74, 6) is 0. The van der Waals surface area contributed by atoms with Crippen LogP contribution >= 0.6 is 0 Å². The Hall–Kier alpha value is -2.83. The van der Waals surface area contributed by atoms with Crippen molar-refractivity contribution in [2.75, 3.05) is 0 Å². The first-order chi connectivity index (χ1) is 11.3. The fraction of sp³-hybridized carbons (Fsp3) is 0.353. The second kappa shape index (κ2) is 7.63. The number of benzene rings is 1. The molecule has 7 nitrogen and oxygen atoms in total. The Morgan fingerprint density at radius 1 is 1.17 bits per heavy atom. The molecule has 0 unspecified atom stereocenters. The molecule has 0 atom stereocenters. The van der Waals surface area contributed by atoms with Crippen LogP contribution in [0.4, 0.5) is 9.59 Å². The summed E-state index contributed by atoms with van der Waals surface area (Å²) in [7, 11) is 0. The molecule has 1 amide bonds. The van der Waals surface area contributed by atoms with Crippen LogP contribution in [0.1, 0.15) is 31.9 Å². The van der Waals surface area contributed by atoms with Gasteiger partial charge in [0, 0.05) is 18.9 Å². The van der Waals surface area contributed by atoms with Crippen LogP contribution in [-0.2, 0) is 22.6 Å². The largest absolute Gasteiger partial charge is 0.444 e. The van der Waals surface area contributed by atoms with E-state index in [4.69, 9.17) is 9.47 Å². The third-order valence-electron chi connectivity index (χ3n) is 2.94. The average molecular weight is 331 g/mol. The summed E-state index contributed by atoms with van der Waals surface area (Å²) < 4.78 is 11.6. The number of amides is 1. The third kappa shape index (κ3) is 5.75. The van der Waals surface area contributed by atoms with E-state index in [0.717, 1.165) is 11.1 Å². The molecule has 1 aromatic heterocycles. The van der Waals surface area contributed by atoms with Crippen molar-refractivity contribution >= 4 is 12.2 Å². The highest BCUT2D eigenvalue weighted by atomic mass is 16.6. The topological polar surface area (TPSA) is 82.5 Å². The van der Waals surface area contributed by atoms with Gasteiger partial charge in [0.15, 0.2) is 0 Å². The molecule has 1 aromatic carbocycles. The normalized spacial score (nSPS) is 11.0. The Bertz CT molecular complexity index is 673. The molecule has 7 heteroatoms. The van der Waals surface area contributed by atoms with E-state index < -0.39 is 17.8 Å². The summed E-state index contributed by atoms with van der Waals surface area (Å²) in [6.07, 6.45) is 3.47. The minimum absolute atomic E-state index is 0.163. The minimum Gasteiger partial charge on any atom is -0.444 e. The van der Waals surface area contributed by atoms with Gasteiger partial charge in [0.1, 0.15) is 18.5 Å². The average Bonchev–Trinajstić information content (AvgIpc) is 3.04. The molecule has 0 saturated carbocycles. The van der Waals surface area contributed by atoms with Gasteiger partial charge in [-0.1, -0.05) is 24.3 Å². The summed E-state index contributed by atoms with van der Waals surface area (Å²) in [6.45, 7) is 5.96. The van der Waals surface area contributed by atoms with Crippen LogP contribution < -0.4 is 5.32 Å². The van der Waals surface area contributed by atoms with E-state index in [1.54, 1.807) is 0 Å². The van der Waals surface area contributed by atoms with Crippen LogP contribution in [0.3, 0.4) is 0 Å². The van der Waals surface area contributed by atoms with Crippen molar-refractivity contribution in [2.24, 2.45) is 0 Å². The molecule has 1 heterocycles. The van der Waals surface area contributed by atoms with Gasteiger partial charge in [0.25, 0.3) is 0 Å². The molecule has 2 aromatic rings. The summed E-state index contributed by atoms with van der Waals surface area (Å²) in [5, 5.41) is 2.69. The van der Waals surface area contributed by atoms with Crippen LogP contribution in [-0.4, -0.2) is 27.3 Å². The van der Waals surface area contributed by atoms with Gasteiger partial charge in [-0.25, -0.2) is 19.1 Å². The molecule has 0 aliphatic rings. The number of carbonyl (C=O) groups is 2. The van der Waals surface area contributed by atoms with Crippen LogP contribution in [0.15, 0.2) is 43.0 Å². The molecular formula is C17H21N3O4. The standard InChI is InChI=1S/C17H21N3O4/c1-17(2,3)24-15(21)19-10-13-4-6-14(7-5-13)11-23-16(22)20-9-8-18-12-20/h4-9,12H,10-11H2,1-3H3,(H,19,21). The number of hydrogen-bond acceptors (Lipinski definition) is 5. The lowest BCUT2D eigenvalue weighted by Gasteiger charge is -2.19. The van der Waals surface area contributed by atoms with Gasteiger partial charge in [-0.05, 0) is 31.9 Å². The van der Waals surface area contributed by atoms with E-state index in [1.165, 1.54) is 23.3 Å². The maximum Gasteiger partial charge on any atom is 0.419 e. The Morgan fingerprint density at radius 2 is 1.83 bits per heavy atom. The molecule has 0 fully saturated rings. The quantitative estimate of drug-likeness (QED) is 0.931. The van der Waals surface area contributed by atoms with Crippen molar-refractivity contribution in [3.63, 3.8) is 0 Å². The number of alkyl carbamates (subject to hydrolysis) is 1. The van der Waals surface area contributed by atoms with Gasteiger partial charge in [-0.15, -0.1) is 0 Å². The van der Waals surface area contributed by atoms with E-state index in [2.05, 4.69) is 10.3 Å². The van der Waals surface area contributed by atoms with Crippen molar-refractivity contribution in [1.82, 2.24) is 14.9 Å². The Labute approximate surface area is 140 Å².